The number of hydrogen-bond donors (Lipinski definition) is 1. The minimum atomic E-state index is 0.780. The Labute approximate surface area is 61.7 Å². The molecule has 0 bridgehead atoms. The summed E-state index contributed by atoms with van der Waals surface area (Å²) in [7, 11) is 0. The summed E-state index contributed by atoms with van der Waals surface area (Å²) in [4.78, 5) is 4.61. The molecule has 0 unspecified atom stereocenters. The fourth-order valence-electron chi connectivity index (χ4n) is 2.50. The Kier molecular flexibility index (Phi) is 1.46. The Hall–Kier alpha value is -0.0800. The van der Waals surface area contributed by atoms with Crippen molar-refractivity contribution in [2.24, 2.45) is 17.2 Å². The van der Waals surface area contributed by atoms with Crippen molar-refractivity contribution >= 4 is 0 Å². The maximum absolute atomic E-state index is 4.99. The van der Waals surface area contributed by atoms with E-state index < -0.39 is 0 Å². The molecule has 1 spiro atoms. The summed E-state index contributed by atoms with van der Waals surface area (Å²) in [6, 6.07) is 0. The van der Waals surface area contributed by atoms with Crippen LogP contribution in [0.3, 0.4) is 0 Å². The van der Waals surface area contributed by atoms with Crippen LogP contribution in [0.5, 0.6) is 0 Å². The van der Waals surface area contributed by atoms with Crippen LogP contribution in [0.2, 0.25) is 0 Å². The second kappa shape index (κ2) is 2.21. The van der Waals surface area contributed by atoms with Crippen molar-refractivity contribution in [1.29, 1.82) is 0 Å². The molecule has 10 heavy (non-hydrogen) atoms. The summed E-state index contributed by atoms with van der Waals surface area (Å²) in [5.74, 6) is 5.77. The van der Waals surface area contributed by atoms with E-state index in [2.05, 4.69) is 4.84 Å². The van der Waals surface area contributed by atoms with Gasteiger partial charge in [0.2, 0.25) is 0 Å². The highest BCUT2D eigenvalue weighted by Crippen LogP contribution is 2.58. The lowest BCUT2D eigenvalue weighted by Crippen LogP contribution is -2.44. The van der Waals surface area contributed by atoms with Gasteiger partial charge in [-0.15, -0.1) is 0 Å². The summed E-state index contributed by atoms with van der Waals surface area (Å²) in [6.07, 6.45) is 7.15. The lowest BCUT2D eigenvalue weighted by atomic mass is 9.52. The van der Waals surface area contributed by atoms with E-state index >= 15 is 0 Å². The molecule has 0 aromatic heterocycles. The Balaban J connectivity index is 1.72. The summed E-state index contributed by atoms with van der Waals surface area (Å²) < 4.78 is 0. The average Bonchev–Trinajstić information content (AvgIpc) is 1.72. The predicted octanol–water partition coefficient (Wildman–Crippen LogP) is 1.46. The molecule has 0 aromatic rings. The standard InChI is InChI=1S/C8H15NO/c9-10-6-7-4-8(5-7)2-1-3-8/h7H,1-6,9H2. The second-order valence-corrected chi connectivity index (χ2v) is 3.96. The molecule has 0 heterocycles. The van der Waals surface area contributed by atoms with E-state index in [1.165, 1.54) is 32.1 Å². The van der Waals surface area contributed by atoms with Crippen molar-refractivity contribution in [3.63, 3.8) is 0 Å². The van der Waals surface area contributed by atoms with Crippen molar-refractivity contribution in [3.8, 4) is 0 Å². The van der Waals surface area contributed by atoms with Crippen LogP contribution in [0.4, 0.5) is 0 Å². The number of rotatable bonds is 2. The van der Waals surface area contributed by atoms with Gasteiger partial charge in [0.05, 0.1) is 6.61 Å². The fraction of sp³-hybridized carbons (Fsp3) is 1.00. The Morgan fingerprint density at radius 3 is 2.50 bits per heavy atom. The molecule has 2 aliphatic rings. The van der Waals surface area contributed by atoms with Crippen LogP contribution in [0.1, 0.15) is 32.1 Å². The molecule has 2 N–H and O–H groups in total. The zero-order chi connectivity index (χ0) is 7.03. The van der Waals surface area contributed by atoms with Crippen molar-refractivity contribution in [2.45, 2.75) is 32.1 Å². The quantitative estimate of drug-likeness (QED) is 0.591. The van der Waals surface area contributed by atoms with Gasteiger partial charge < -0.3 is 4.84 Å². The first kappa shape index (κ1) is 6.62. The van der Waals surface area contributed by atoms with E-state index in [0.29, 0.717) is 0 Å². The van der Waals surface area contributed by atoms with Crippen LogP contribution in [0.15, 0.2) is 0 Å². The molecule has 0 aromatic carbocycles. The number of hydrogen-bond acceptors (Lipinski definition) is 2. The van der Waals surface area contributed by atoms with Gasteiger partial charge in [-0.3, -0.25) is 0 Å². The molecule has 2 nitrogen and oxygen atoms in total. The third kappa shape index (κ3) is 0.867. The zero-order valence-electron chi connectivity index (χ0n) is 6.31. The highest BCUT2D eigenvalue weighted by atomic mass is 16.6. The molecular formula is C8H15NO. The molecule has 2 saturated carbocycles. The van der Waals surface area contributed by atoms with Gasteiger partial charge in [0, 0.05) is 0 Å². The normalized spacial score (nSPS) is 29.7. The van der Waals surface area contributed by atoms with E-state index in [-0.39, 0.29) is 0 Å². The third-order valence-corrected chi connectivity index (χ3v) is 3.19. The topological polar surface area (TPSA) is 35.2 Å². The molecule has 2 aliphatic carbocycles. The fourth-order valence-corrected chi connectivity index (χ4v) is 2.50. The van der Waals surface area contributed by atoms with Gasteiger partial charge in [0.1, 0.15) is 0 Å². The first-order chi connectivity index (χ1) is 4.85. The Morgan fingerprint density at radius 1 is 1.40 bits per heavy atom. The molecular weight excluding hydrogens is 126 g/mol. The zero-order valence-corrected chi connectivity index (χ0v) is 6.31. The van der Waals surface area contributed by atoms with Crippen LogP contribution in [0.25, 0.3) is 0 Å². The SMILES string of the molecule is NOCC1CC2(CCC2)C1. The number of nitrogens with two attached hydrogens (primary N) is 1. The van der Waals surface area contributed by atoms with E-state index in [1.807, 2.05) is 0 Å². The van der Waals surface area contributed by atoms with E-state index in [1.54, 1.807) is 0 Å². The molecule has 0 radical (unpaired) electrons. The Morgan fingerprint density at radius 2 is 2.10 bits per heavy atom. The second-order valence-electron chi connectivity index (χ2n) is 3.96. The van der Waals surface area contributed by atoms with Gasteiger partial charge in [0.15, 0.2) is 0 Å². The van der Waals surface area contributed by atoms with Gasteiger partial charge >= 0.3 is 0 Å². The van der Waals surface area contributed by atoms with Crippen LogP contribution in [0, 0.1) is 11.3 Å². The predicted molar refractivity (Wildman–Crippen MR) is 39.1 cm³/mol. The highest BCUT2D eigenvalue weighted by molar-refractivity contribution is 4.98. The van der Waals surface area contributed by atoms with Crippen LogP contribution in [-0.2, 0) is 4.84 Å². The summed E-state index contributed by atoms with van der Waals surface area (Å²) in [5, 5.41) is 0. The summed E-state index contributed by atoms with van der Waals surface area (Å²) in [6.45, 7) is 0.780. The maximum atomic E-state index is 4.99. The molecule has 0 amide bonds. The van der Waals surface area contributed by atoms with Crippen LogP contribution < -0.4 is 5.90 Å². The third-order valence-electron chi connectivity index (χ3n) is 3.19. The van der Waals surface area contributed by atoms with Crippen LogP contribution in [-0.4, -0.2) is 6.61 Å². The largest absolute Gasteiger partial charge is 0.304 e. The Bertz CT molecular complexity index is 123. The molecule has 2 heteroatoms. The molecule has 2 rings (SSSR count). The van der Waals surface area contributed by atoms with Gasteiger partial charge in [-0.05, 0) is 37.0 Å². The first-order valence-corrected chi connectivity index (χ1v) is 4.16. The van der Waals surface area contributed by atoms with Crippen molar-refractivity contribution < 1.29 is 4.84 Å². The van der Waals surface area contributed by atoms with Gasteiger partial charge in [-0.25, -0.2) is 5.90 Å². The molecule has 0 aliphatic heterocycles. The first-order valence-electron chi connectivity index (χ1n) is 4.16. The average molecular weight is 141 g/mol. The lowest BCUT2D eigenvalue weighted by molar-refractivity contribution is -0.0621. The molecule has 0 saturated heterocycles. The van der Waals surface area contributed by atoms with Gasteiger partial charge in [-0.2, -0.15) is 0 Å². The summed E-state index contributed by atoms with van der Waals surface area (Å²) >= 11 is 0. The monoisotopic (exact) mass is 141 g/mol. The van der Waals surface area contributed by atoms with Gasteiger partial charge in [0.25, 0.3) is 0 Å². The van der Waals surface area contributed by atoms with Gasteiger partial charge in [-0.1, -0.05) is 6.42 Å². The smallest absolute Gasteiger partial charge is 0.0707 e. The summed E-state index contributed by atoms with van der Waals surface area (Å²) in [5.41, 5.74) is 0.781. The van der Waals surface area contributed by atoms with Crippen molar-refractivity contribution in [2.75, 3.05) is 6.61 Å². The lowest BCUT2D eigenvalue weighted by Gasteiger charge is -2.54. The minimum Gasteiger partial charge on any atom is -0.304 e. The highest BCUT2D eigenvalue weighted by Gasteiger charge is 2.47. The minimum absolute atomic E-state index is 0.780. The van der Waals surface area contributed by atoms with E-state index in [0.717, 1.165) is 17.9 Å². The van der Waals surface area contributed by atoms with Crippen LogP contribution >= 0.6 is 0 Å². The van der Waals surface area contributed by atoms with Crippen molar-refractivity contribution in [3.05, 3.63) is 0 Å². The maximum Gasteiger partial charge on any atom is 0.0707 e. The molecule has 2 fully saturated rings. The van der Waals surface area contributed by atoms with E-state index in [4.69, 9.17) is 5.90 Å². The van der Waals surface area contributed by atoms with E-state index in [9.17, 15) is 0 Å². The molecule has 0 atom stereocenters. The van der Waals surface area contributed by atoms with Crippen molar-refractivity contribution in [1.82, 2.24) is 0 Å². The molecule has 58 valence electrons.